The highest BCUT2D eigenvalue weighted by Crippen LogP contribution is 2.13. The highest BCUT2D eigenvalue weighted by Gasteiger charge is 1.99. The third-order valence-electron chi connectivity index (χ3n) is 3.32. The van der Waals surface area contributed by atoms with Crippen LogP contribution in [0.15, 0.2) is 61.2 Å². The Kier molecular flexibility index (Phi) is 3.96. The standard InChI is InChI=1S/C17H18N4/c1-14-4-2-5-15(8-14)10-19-17-7-3-6-16(9-17)11-21-13-18-12-20-21/h2-9,12-13,19H,10-11H2,1H3. The number of benzene rings is 2. The van der Waals surface area contributed by atoms with Gasteiger partial charge in [-0.2, -0.15) is 5.10 Å². The van der Waals surface area contributed by atoms with Crippen molar-refractivity contribution in [2.45, 2.75) is 20.0 Å². The fourth-order valence-corrected chi connectivity index (χ4v) is 2.31. The van der Waals surface area contributed by atoms with Gasteiger partial charge in [0.25, 0.3) is 0 Å². The normalized spacial score (nSPS) is 10.5. The first kappa shape index (κ1) is 13.4. The maximum absolute atomic E-state index is 4.13. The Morgan fingerprint density at radius 2 is 1.90 bits per heavy atom. The van der Waals surface area contributed by atoms with Crippen LogP contribution in [0.3, 0.4) is 0 Å². The fraction of sp³-hybridized carbons (Fsp3) is 0.176. The Balaban J connectivity index is 1.66. The van der Waals surface area contributed by atoms with Crippen molar-refractivity contribution in [1.82, 2.24) is 14.8 Å². The largest absolute Gasteiger partial charge is 0.381 e. The van der Waals surface area contributed by atoms with Gasteiger partial charge in [-0.25, -0.2) is 9.67 Å². The van der Waals surface area contributed by atoms with Gasteiger partial charge in [0.05, 0.1) is 6.54 Å². The van der Waals surface area contributed by atoms with Gasteiger partial charge in [-0.1, -0.05) is 42.0 Å². The minimum absolute atomic E-state index is 0.736. The minimum Gasteiger partial charge on any atom is -0.381 e. The Morgan fingerprint density at radius 3 is 2.71 bits per heavy atom. The van der Waals surface area contributed by atoms with E-state index in [1.165, 1.54) is 16.7 Å². The molecular weight excluding hydrogens is 260 g/mol. The van der Waals surface area contributed by atoms with Crippen LogP contribution in [0.2, 0.25) is 0 Å². The number of nitrogens with one attached hydrogen (secondary N) is 1. The zero-order valence-corrected chi connectivity index (χ0v) is 12.0. The molecule has 1 aromatic heterocycles. The first-order valence-corrected chi connectivity index (χ1v) is 7.00. The van der Waals surface area contributed by atoms with Crippen LogP contribution in [0.1, 0.15) is 16.7 Å². The van der Waals surface area contributed by atoms with Crippen LogP contribution in [0.5, 0.6) is 0 Å². The van der Waals surface area contributed by atoms with Crippen molar-refractivity contribution in [3.8, 4) is 0 Å². The van der Waals surface area contributed by atoms with Gasteiger partial charge < -0.3 is 5.32 Å². The zero-order valence-electron chi connectivity index (χ0n) is 12.0. The SMILES string of the molecule is Cc1cccc(CNc2cccc(Cn3cncn3)c2)c1. The molecule has 0 amide bonds. The Morgan fingerprint density at radius 1 is 1.05 bits per heavy atom. The summed E-state index contributed by atoms with van der Waals surface area (Å²) in [5, 5.41) is 7.59. The van der Waals surface area contributed by atoms with E-state index in [-0.39, 0.29) is 0 Å². The number of hydrogen-bond acceptors (Lipinski definition) is 3. The number of hydrogen-bond donors (Lipinski definition) is 1. The van der Waals surface area contributed by atoms with Crippen molar-refractivity contribution in [2.24, 2.45) is 0 Å². The molecule has 0 spiro atoms. The van der Waals surface area contributed by atoms with E-state index in [2.05, 4.69) is 70.9 Å². The quantitative estimate of drug-likeness (QED) is 0.779. The van der Waals surface area contributed by atoms with Gasteiger partial charge >= 0.3 is 0 Å². The highest BCUT2D eigenvalue weighted by molar-refractivity contribution is 5.46. The van der Waals surface area contributed by atoms with Gasteiger partial charge in [-0.15, -0.1) is 0 Å². The number of nitrogens with zero attached hydrogens (tertiary/aromatic N) is 3. The lowest BCUT2D eigenvalue weighted by Gasteiger charge is -2.09. The molecule has 0 unspecified atom stereocenters. The van der Waals surface area contributed by atoms with Crippen molar-refractivity contribution < 1.29 is 0 Å². The van der Waals surface area contributed by atoms with Crippen molar-refractivity contribution in [3.05, 3.63) is 77.9 Å². The van der Waals surface area contributed by atoms with Gasteiger partial charge in [0.1, 0.15) is 12.7 Å². The molecule has 0 bridgehead atoms. The summed E-state index contributed by atoms with van der Waals surface area (Å²) >= 11 is 0. The average Bonchev–Trinajstić information content (AvgIpc) is 2.99. The Labute approximate surface area is 124 Å². The van der Waals surface area contributed by atoms with Gasteiger partial charge in [-0.05, 0) is 30.2 Å². The maximum atomic E-state index is 4.13. The van der Waals surface area contributed by atoms with Crippen LogP contribution in [0.4, 0.5) is 5.69 Å². The molecule has 0 fully saturated rings. The molecule has 0 atom stereocenters. The van der Waals surface area contributed by atoms with E-state index in [0.717, 1.165) is 18.8 Å². The van der Waals surface area contributed by atoms with Crippen LogP contribution in [-0.4, -0.2) is 14.8 Å². The summed E-state index contributed by atoms with van der Waals surface area (Å²) in [6.07, 6.45) is 3.28. The molecule has 4 heteroatoms. The highest BCUT2D eigenvalue weighted by atomic mass is 15.3. The topological polar surface area (TPSA) is 42.7 Å². The Bertz CT molecular complexity index is 704. The fourth-order valence-electron chi connectivity index (χ4n) is 2.31. The van der Waals surface area contributed by atoms with Gasteiger partial charge in [0, 0.05) is 12.2 Å². The lowest BCUT2D eigenvalue weighted by atomic mass is 10.1. The van der Waals surface area contributed by atoms with E-state index in [0.29, 0.717) is 0 Å². The molecule has 0 aliphatic rings. The summed E-state index contributed by atoms with van der Waals surface area (Å²) in [6.45, 7) is 3.68. The molecule has 0 saturated heterocycles. The monoisotopic (exact) mass is 278 g/mol. The molecule has 3 rings (SSSR count). The predicted molar refractivity (Wildman–Crippen MR) is 84.1 cm³/mol. The molecule has 0 aliphatic carbocycles. The smallest absolute Gasteiger partial charge is 0.137 e. The van der Waals surface area contributed by atoms with E-state index in [9.17, 15) is 0 Å². The van der Waals surface area contributed by atoms with E-state index in [1.54, 1.807) is 12.7 Å². The van der Waals surface area contributed by atoms with Crippen molar-refractivity contribution in [3.63, 3.8) is 0 Å². The number of aryl methyl sites for hydroxylation is 1. The third kappa shape index (κ3) is 3.69. The minimum atomic E-state index is 0.736. The van der Waals surface area contributed by atoms with Crippen molar-refractivity contribution in [2.75, 3.05) is 5.32 Å². The van der Waals surface area contributed by atoms with Gasteiger partial charge in [0.2, 0.25) is 0 Å². The molecule has 0 radical (unpaired) electrons. The summed E-state index contributed by atoms with van der Waals surface area (Å²) < 4.78 is 1.82. The summed E-state index contributed by atoms with van der Waals surface area (Å²) in [5.41, 5.74) is 4.90. The predicted octanol–water partition coefficient (Wildman–Crippen LogP) is 3.25. The van der Waals surface area contributed by atoms with Crippen molar-refractivity contribution in [1.29, 1.82) is 0 Å². The van der Waals surface area contributed by atoms with E-state index >= 15 is 0 Å². The molecule has 3 aromatic rings. The summed E-state index contributed by atoms with van der Waals surface area (Å²) in [4.78, 5) is 3.96. The molecular formula is C17H18N4. The van der Waals surface area contributed by atoms with E-state index in [1.807, 2.05) is 4.68 Å². The van der Waals surface area contributed by atoms with Crippen LogP contribution in [0, 0.1) is 6.92 Å². The molecule has 106 valence electrons. The Hall–Kier alpha value is -2.62. The van der Waals surface area contributed by atoms with Crippen LogP contribution in [-0.2, 0) is 13.1 Å². The number of anilines is 1. The van der Waals surface area contributed by atoms with Crippen molar-refractivity contribution >= 4 is 5.69 Å². The first-order chi connectivity index (χ1) is 10.3. The number of aromatic nitrogens is 3. The van der Waals surface area contributed by atoms with Crippen LogP contribution < -0.4 is 5.32 Å². The molecule has 1 heterocycles. The molecule has 0 saturated carbocycles. The molecule has 1 N–H and O–H groups in total. The van der Waals surface area contributed by atoms with E-state index < -0.39 is 0 Å². The second-order valence-corrected chi connectivity index (χ2v) is 5.14. The molecule has 0 aliphatic heterocycles. The second-order valence-electron chi connectivity index (χ2n) is 5.14. The summed E-state index contributed by atoms with van der Waals surface area (Å²) in [5.74, 6) is 0. The summed E-state index contributed by atoms with van der Waals surface area (Å²) in [6, 6.07) is 16.9. The lowest BCUT2D eigenvalue weighted by Crippen LogP contribution is -2.02. The molecule has 21 heavy (non-hydrogen) atoms. The second kappa shape index (κ2) is 6.22. The third-order valence-corrected chi connectivity index (χ3v) is 3.32. The lowest BCUT2D eigenvalue weighted by molar-refractivity contribution is 0.685. The number of rotatable bonds is 5. The van der Waals surface area contributed by atoms with E-state index in [4.69, 9.17) is 0 Å². The molecule has 2 aromatic carbocycles. The van der Waals surface area contributed by atoms with Crippen LogP contribution >= 0.6 is 0 Å². The maximum Gasteiger partial charge on any atom is 0.137 e. The van der Waals surface area contributed by atoms with Crippen LogP contribution in [0.25, 0.3) is 0 Å². The molecule has 4 nitrogen and oxygen atoms in total. The average molecular weight is 278 g/mol. The zero-order chi connectivity index (χ0) is 14.5. The summed E-state index contributed by atoms with van der Waals surface area (Å²) in [7, 11) is 0. The van der Waals surface area contributed by atoms with Gasteiger partial charge in [-0.3, -0.25) is 0 Å². The van der Waals surface area contributed by atoms with Gasteiger partial charge in [0.15, 0.2) is 0 Å². The first-order valence-electron chi connectivity index (χ1n) is 7.00.